The second kappa shape index (κ2) is 9.11. The van der Waals surface area contributed by atoms with Crippen molar-refractivity contribution in [2.45, 2.75) is 122 Å². The zero-order valence-electron chi connectivity index (χ0n) is 26.1. The van der Waals surface area contributed by atoms with Crippen LogP contribution in [0, 0.1) is 45.3 Å². The van der Waals surface area contributed by atoms with Gasteiger partial charge in [-0.1, -0.05) is 0 Å². The molecule has 0 aromatic rings. The molecule has 2 amide bonds. The summed E-state index contributed by atoms with van der Waals surface area (Å²) in [4.78, 5) is 44.8. The molecule has 0 radical (unpaired) electrons. The smallest absolute Gasteiger partial charge is 0.410 e. The Bertz CT molecular complexity index is 1100. The molecule has 9 fully saturated rings. The minimum atomic E-state index is -0.525. The third kappa shape index (κ3) is 4.28. The fourth-order valence-corrected chi connectivity index (χ4v) is 12.8. The Labute approximate surface area is 246 Å². The monoisotopic (exact) mass is 568 g/mol. The molecule has 1 heterocycles. The maximum absolute atomic E-state index is 14.7. The number of ether oxygens (including phenoxy) is 2. The van der Waals surface area contributed by atoms with Crippen molar-refractivity contribution in [3.05, 3.63) is 0 Å². The maximum atomic E-state index is 14.7. The number of carbonyl (C=O) groups is 3. The van der Waals surface area contributed by atoms with Gasteiger partial charge >= 0.3 is 12.1 Å². The molecule has 8 bridgehead atoms. The van der Waals surface area contributed by atoms with Gasteiger partial charge in [0.05, 0.1) is 17.9 Å². The number of esters is 1. The van der Waals surface area contributed by atoms with Gasteiger partial charge in [0, 0.05) is 26.2 Å². The normalized spacial score (nSPS) is 46.0. The number of hydrogen-bond acceptors (Lipinski definition) is 5. The van der Waals surface area contributed by atoms with Crippen LogP contribution in [0.15, 0.2) is 0 Å². The maximum Gasteiger partial charge on any atom is 0.410 e. The Kier molecular flexibility index (Phi) is 6.22. The Balaban J connectivity index is 1.15. The molecule has 0 N–H and O–H groups in total. The number of likely N-dealkylation sites (N-methyl/N-ethyl adjacent to an activating group) is 1. The van der Waals surface area contributed by atoms with E-state index in [-0.39, 0.29) is 39.8 Å². The third-order valence-corrected chi connectivity index (χ3v) is 13.2. The van der Waals surface area contributed by atoms with Gasteiger partial charge in [-0.15, -0.1) is 0 Å². The Morgan fingerprint density at radius 3 is 1.83 bits per heavy atom. The van der Waals surface area contributed by atoms with Crippen molar-refractivity contribution in [3.63, 3.8) is 0 Å². The highest BCUT2D eigenvalue weighted by molar-refractivity contribution is 5.84. The molecule has 1 aliphatic heterocycles. The first-order valence-electron chi connectivity index (χ1n) is 16.6. The van der Waals surface area contributed by atoms with E-state index in [2.05, 4.69) is 0 Å². The number of piperidine rings is 1. The van der Waals surface area contributed by atoms with Crippen LogP contribution in [0.25, 0.3) is 0 Å². The van der Waals surface area contributed by atoms with Crippen LogP contribution in [0.3, 0.4) is 0 Å². The van der Waals surface area contributed by atoms with Crippen molar-refractivity contribution < 1.29 is 23.9 Å². The molecule has 9 aliphatic rings. The quantitative estimate of drug-likeness (QED) is 0.378. The van der Waals surface area contributed by atoms with E-state index in [0.29, 0.717) is 42.7 Å². The molecule has 5 atom stereocenters. The predicted molar refractivity (Wildman–Crippen MR) is 155 cm³/mol. The van der Waals surface area contributed by atoms with E-state index >= 15 is 0 Å². The molecular weight excluding hydrogens is 516 g/mol. The minimum absolute atomic E-state index is 0.0369. The van der Waals surface area contributed by atoms with E-state index in [9.17, 15) is 14.4 Å². The second-order valence-corrected chi connectivity index (χ2v) is 17.2. The van der Waals surface area contributed by atoms with E-state index < -0.39 is 5.60 Å². The number of amides is 2. The number of likely N-dealkylation sites (tertiary alicyclic amines) is 1. The summed E-state index contributed by atoms with van der Waals surface area (Å²) in [6, 6.07) is 0.0369. The summed E-state index contributed by atoms with van der Waals surface area (Å²) < 4.78 is 11.2. The SMILES string of the molecule is COC(=O)C12CC3CC(C1)CC(C14CC5CC(CC(C(=O)N(C)C6CCCN(C(=O)OC(C)(C)C)C6)(C5)C1)C4)(C3)C2. The van der Waals surface area contributed by atoms with Crippen molar-refractivity contribution in [3.8, 4) is 0 Å². The third-order valence-electron chi connectivity index (χ3n) is 13.2. The number of carbonyl (C=O) groups excluding carboxylic acids is 3. The van der Waals surface area contributed by atoms with Crippen LogP contribution in [0.2, 0.25) is 0 Å². The highest BCUT2D eigenvalue weighted by atomic mass is 16.6. The molecule has 8 aliphatic carbocycles. The van der Waals surface area contributed by atoms with Crippen LogP contribution in [0.4, 0.5) is 4.79 Å². The predicted octanol–water partition coefficient (Wildman–Crippen LogP) is 6.19. The van der Waals surface area contributed by atoms with E-state index in [1.807, 2.05) is 37.6 Å². The Morgan fingerprint density at radius 1 is 0.805 bits per heavy atom. The summed E-state index contributed by atoms with van der Waals surface area (Å²) in [6.07, 6.45) is 15.3. The van der Waals surface area contributed by atoms with Crippen molar-refractivity contribution in [1.82, 2.24) is 9.80 Å². The van der Waals surface area contributed by atoms with Crippen LogP contribution in [0.5, 0.6) is 0 Å². The lowest BCUT2D eigenvalue weighted by molar-refractivity contribution is -0.241. The van der Waals surface area contributed by atoms with Crippen LogP contribution >= 0.6 is 0 Å². The average Bonchev–Trinajstić information content (AvgIpc) is 2.89. The molecule has 1 saturated heterocycles. The standard InChI is InChI=1S/C34H52N2O5/c1-30(2,3)41-29(39)36-8-6-7-26(19-36)35(4)27(37)31-11-22-9-23(12-31)16-33(15-22,20-31)34-17-24-10-25(18-34)14-32(13-24,21-34)28(38)40-5/h22-26H,6-21H2,1-5H3. The van der Waals surface area contributed by atoms with Crippen LogP contribution in [-0.4, -0.2) is 66.7 Å². The van der Waals surface area contributed by atoms with Crippen molar-refractivity contribution in [2.24, 2.45) is 45.3 Å². The molecule has 8 saturated carbocycles. The van der Waals surface area contributed by atoms with E-state index in [0.717, 1.165) is 51.4 Å². The lowest BCUT2D eigenvalue weighted by Gasteiger charge is -2.73. The van der Waals surface area contributed by atoms with Gasteiger partial charge in [-0.05, 0) is 145 Å². The van der Waals surface area contributed by atoms with Crippen LogP contribution in [0.1, 0.15) is 111 Å². The summed E-state index contributed by atoms with van der Waals surface area (Å²) in [5, 5.41) is 0. The van der Waals surface area contributed by atoms with Gasteiger partial charge in [0.2, 0.25) is 5.91 Å². The molecule has 0 aromatic heterocycles. The number of methoxy groups -OCH3 is 1. The number of rotatable bonds is 4. The highest BCUT2D eigenvalue weighted by Crippen LogP contribution is 2.78. The van der Waals surface area contributed by atoms with Gasteiger partial charge in [0.15, 0.2) is 0 Å². The Morgan fingerprint density at radius 2 is 1.32 bits per heavy atom. The summed E-state index contributed by atoms with van der Waals surface area (Å²) >= 11 is 0. The zero-order valence-corrected chi connectivity index (χ0v) is 26.1. The first kappa shape index (κ1) is 28.0. The van der Waals surface area contributed by atoms with Gasteiger partial charge in [-0.3, -0.25) is 9.59 Å². The highest BCUT2D eigenvalue weighted by Gasteiger charge is 2.72. The first-order valence-corrected chi connectivity index (χ1v) is 16.6. The fourth-order valence-electron chi connectivity index (χ4n) is 12.8. The minimum Gasteiger partial charge on any atom is -0.469 e. The Hall–Kier alpha value is -1.79. The molecule has 228 valence electrons. The number of nitrogens with zero attached hydrogens (tertiary/aromatic N) is 2. The van der Waals surface area contributed by atoms with E-state index in [4.69, 9.17) is 9.47 Å². The van der Waals surface area contributed by atoms with Crippen molar-refractivity contribution >= 4 is 18.0 Å². The zero-order chi connectivity index (χ0) is 29.0. The molecule has 7 nitrogen and oxygen atoms in total. The fraction of sp³-hybridized carbons (Fsp3) is 0.912. The molecule has 0 spiro atoms. The van der Waals surface area contributed by atoms with Gasteiger partial charge in [-0.25, -0.2) is 4.79 Å². The molecule has 7 heteroatoms. The molecule has 5 unspecified atom stereocenters. The number of hydrogen-bond donors (Lipinski definition) is 0. The summed E-state index contributed by atoms with van der Waals surface area (Å²) in [5.41, 5.74) is -0.730. The molecule has 41 heavy (non-hydrogen) atoms. The summed E-state index contributed by atoms with van der Waals surface area (Å²) in [6.45, 7) is 6.96. The van der Waals surface area contributed by atoms with Gasteiger partial charge in [-0.2, -0.15) is 0 Å². The van der Waals surface area contributed by atoms with Gasteiger partial charge in [0.1, 0.15) is 5.60 Å². The van der Waals surface area contributed by atoms with Crippen LogP contribution in [-0.2, 0) is 19.1 Å². The van der Waals surface area contributed by atoms with Crippen molar-refractivity contribution in [1.29, 1.82) is 0 Å². The van der Waals surface area contributed by atoms with E-state index in [1.54, 1.807) is 7.11 Å². The van der Waals surface area contributed by atoms with E-state index in [1.165, 1.54) is 38.5 Å². The second-order valence-electron chi connectivity index (χ2n) is 17.2. The van der Waals surface area contributed by atoms with Crippen LogP contribution < -0.4 is 0 Å². The lowest BCUT2D eigenvalue weighted by atomic mass is 9.31. The largest absolute Gasteiger partial charge is 0.469 e. The van der Waals surface area contributed by atoms with Gasteiger partial charge < -0.3 is 19.3 Å². The lowest BCUT2D eigenvalue weighted by Crippen LogP contribution is -2.67. The summed E-state index contributed by atoms with van der Waals surface area (Å²) in [7, 11) is 3.59. The molecular formula is C34H52N2O5. The summed E-state index contributed by atoms with van der Waals surface area (Å²) in [5.74, 6) is 2.90. The molecule has 0 aromatic carbocycles. The molecule has 9 rings (SSSR count). The van der Waals surface area contributed by atoms with Gasteiger partial charge in [0.25, 0.3) is 0 Å². The topological polar surface area (TPSA) is 76.2 Å². The average molecular weight is 569 g/mol. The first-order chi connectivity index (χ1) is 19.3. The van der Waals surface area contributed by atoms with Crippen molar-refractivity contribution in [2.75, 3.05) is 27.2 Å².